The summed E-state index contributed by atoms with van der Waals surface area (Å²) < 4.78 is 16.1. The van der Waals surface area contributed by atoms with E-state index < -0.39 is 53.1 Å². The van der Waals surface area contributed by atoms with Gasteiger partial charge in [-0.15, -0.1) is 23.4 Å². The van der Waals surface area contributed by atoms with Gasteiger partial charge in [0.15, 0.2) is 5.76 Å². The number of carbonyl (C=O) groups is 1. The topological polar surface area (TPSA) is 150 Å². The zero-order valence-corrected chi connectivity index (χ0v) is 23.5. The van der Waals surface area contributed by atoms with Crippen molar-refractivity contribution in [1.82, 2.24) is 10.2 Å². The van der Waals surface area contributed by atoms with E-state index in [0.717, 1.165) is 25.7 Å². The second-order valence-electron chi connectivity index (χ2n) is 10.1. The summed E-state index contributed by atoms with van der Waals surface area (Å²) in [5.41, 5.74) is -0.800. The van der Waals surface area contributed by atoms with Crippen molar-refractivity contribution in [1.29, 1.82) is 0 Å². The zero-order valence-electron chi connectivity index (χ0n) is 21.9. The summed E-state index contributed by atoms with van der Waals surface area (Å²) in [4.78, 5) is 30.7. The standard InChI is InChI=1S/C25H38ClN3O8S/c1-13(26)18(22-20(31)19(30)21(32)24(37-22)38-4)28-23(33)16-8-7-15(6-5-10-27-3)9-11-29(16)12-17-14(2)35-25(34)36-17/h13,15-16,18-22,24,30-32H,5-12H2,1-2,4H3,(H,28,33)/t13-,15-,16-,18+,19-,20+,21+,22+,24+/m0/s1. The van der Waals surface area contributed by atoms with E-state index in [1.165, 1.54) is 11.8 Å². The molecule has 38 heavy (non-hydrogen) atoms. The van der Waals surface area contributed by atoms with Gasteiger partial charge >= 0.3 is 5.82 Å². The van der Waals surface area contributed by atoms with Gasteiger partial charge in [-0.2, -0.15) is 0 Å². The smallest absolute Gasteiger partial charge is 0.396 e. The number of aliphatic hydroxyl groups excluding tert-OH is 3. The number of halogens is 1. The van der Waals surface area contributed by atoms with Gasteiger partial charge in [0.25, 0.3) is 0 Å². The van der Waals surface area contributed by atoms with Crippen LogP contribution in [0.3, 0.4) is 0 Å². The lowest BCUT2D eigenvalue weighted by Gasteiger charge is -2.44. The minimum absolute atomic E-state index is 0.202. The van der Waals surface area contributed by atoms with Gasteiger partial charge in [0.1, 0.15) is 35.6 Å². The molecule has 2 aliphatic heterocycles. The monoisotopic (exact) mass is 575 g/mol. The fourth-order valence-electron chi connectivity index (χ4n) is 5.25. The molecule has 13 heteroatoms. The summed E-state index contributed by atoms with van der Waals surface area (Å²) in [6.45, 7) is 11.6. The minimum atomic E-state index is -1.46. The van der Waals surface area contributed by atoms with Crippen LogP contribution in [0.15, 0.2) is 13.6 Å². The first-order chi connectivity index (χ1) is 18.1. The van der Waals surface area contributed by atoms with E-state index in [1.807, 2.05) is 4.90 Å². The Morgan fingerprint density at radius 3 is 2.58 bits per heavy atom. The summed E-state index contributed by atoms with van der Waals surface area (Å²) >= 11 is 7.64. The van der Waals surface area contributed by atoms with Crippen molar-refractivity contribution >= 4 is 29.3 Å². The molecule has 0 aromatic carbocycles. The van der Waals surface area contributed by atoms with Crippen LogP contribution in [-0.4, -0.2) is 92.8 Å². The molecule has 1 amide bonds. The third-order valence-corrected chi connectivity index (χ3v) is 8.60. The maximum Gasteiger partial charge on any atom is 0.519 e. The Morgan fingerprint density at radius 1 is 1.24 bits per heavy atom. The Hall–Kier alpha value is -1.59. The van der Waals surface area contributed by atoms with Crippen molar-refractivity contribution in [2.24, 2.45) is 5.92 Å². The van der Waals surface area contributed by atoms with Crippen molar-refractivity contribution < 1.29 is 33.7 Å². The average Bonchev–Trinajstić information content (AvgIpc) is 3.06. The normalized spacial score (nSPS) is 32.2. The van der Waals surface area contributed by atoms with Crippen LogP contribution in [0.2, 0.25) is 0 Å². The van der Waals surface area contributed by atoms with Crippen molar-refractivity contribution in [3.05, 3.63) is 33.6 Å². The molecule has 11 nitrogen and oxygen atoms in total. The predicted octanol–water partition coefficient (Wildman–Crippen LogP) is 1.49. The second kappa shape index (κ2) is 14.2. The SMILES string of the molecule is [C-]#[N+]CCC[C@H]1CC[C@@H](C(=O)N[C@@H]([C@H]2O[C@H](SC)[C@H](O)[C@@H](O)[C@H]2O)[C@H](C)Cl)N(Cc2oc(=O)oc2C)CC1. The maximum atomic E-state index is 13.7. The number of carbonyl (C=O) groups excluding carboxylic acids is 1. The van der Waals surface area contributed by atoms with Gasteiger partial charge in [-0.1, -0.05) is 0 Å². The fourth-order valence-corrected chi connectivity index (χ4v) is 6.13. The molecule has 214 valence electrons. The number of aryl methyl sites for hydroxylation is 1. The van der Waals surface area contributed by atoms with E-state index in [1.54, 1.807) is 20.1 Å². The van der Waals surface area contributed by atoms with Crippen molar-refractivity contribution in [2.75, 3.05) is 19.3 Å². The Balaban J connectivity index is 1.81. The molecule has 0 spiro atoms. The molecular formula is C25H38ClN3O8S. The quantitative estimate of drug-likeness (QED) is 0.183. The molecule has 9 atom stereocenters. The first kappa shape index (κ1) is 30.9. The molecule has 0 saturated carbocycles. The van der Waals surface area contributed by atoms with E-state index in [0.29, 0.717) is 36.9 Å². The van der Waals surface area contributed by atoms with Crippen molar-refractivity contribution in [3.8, 4) is 0 Å². The molecule has 0 unspecified atom stereocenters. The summed E-state index contributed by atoms with van der Waals surface area (Å²) in [6, 6.07) is -1.45. The van der Waals surface area contributed by atoms with Crippen LogP contribution in [0, 0.1) is 19.4 Å². The Labute approximate surface area is 231 Å². The van der Waals surface area contributed by atoms with E-state index in [-0.39, 0.29) is 12.5 Å². The van der Waals surface area contributed by atoms with E-state index in [9.17, 15) is 24.9 Å². The third kappa shape index (κ3) is 7.53. The number of nitrogens with zero attached hydrogens (tertiary/aromatic N) is 2. The zero-order chi connectivity index (χ0) is 28.0. The molecule has 0 aliphatic carbocycles. The molecule has 3 rings (SSSR count). The van der Waals surface area contributed by atoms with Crippen LogP contribution >= 0.6 is 23.4 Å². The van der Waals surface area contributed by atoms with E-state index in [4.69, 9.17) is 31.7 Å². The summed E-state index contributed by atoms with van der Waals surface area (Å²) in [5.74, 6) is -0.0698. The summed E-state index contributed by atoms with van der Waals surface area (Å²) in [5, 5.41) is 33.6. The molecule has 0 radical (unpaired) electrons. The number of ether oxygens (including phenoxy) is 1. The lowest BCUT2D eigenvalue weighted by molar-refractivity contribution is -0.205. The van der Waals surface area contributed by atoms with Crippen LogP contribution < -0.4 is 11.1 Å². The molecule has 3 heterocycles. The number of hydrogen-bond donors (Lipinski definition) is 4. The summed E-state index contributed by atoms with van der Waals surface area (Å²) in [7, 11) is 0. The number of likely N-dealkylation sites (tertiary alicyclic amines) is 1. The van der Waals surface area contributed by atoms with Crippen LogP contribution in [0.5, 0.6) is 0 Å². The minimum Gasteiger partial charge on any atom is -0.396 e. The predicted molar refractivity (Wildman–Crippen MR) is 142 cm³/mol. The number of alkyl halides is 1. The Morgan fingerprint density at radius 2 is 1.97 bits per heavy atom. The van der Waals surface area contributed by atoms with Crippen LogP contribution in [0.25, 0.3) is 4.85 Å². The molecule has 4 N–H and O–H groups in total. The molecule has 1 aromatic rings. The molecule has 2 aliphatic rings. The van der Waals surface area contributed by atoms with Crippen molar-refractivity contribution in [3.63, 3.8) is 0 Å². The number of nitrogens with one attached hydrogen (secondary N) is 1. The lowest BCUT2D eigenvalue weighted by atomic mass is 9.92. The number of amides is 1. The van der Waals surface area contributed by atoms with E-state index in [2.05, 4.69) is 10.2 Å². The van der Waals surface area contributed by atoms with Gasteiger partial charge < -0.3 is 39.1 Å². The molecule has 2 fully saturated rings. The van der Waals surface area contributed by atoms with Gasteiger partial charge in [0, 0.05) is 6.42 Å². The van der Waals surface area contributed by atoms with Gasteiger partial charge in [0.2, 0.25) is 12.5 Å². The highest BCUT2D eigenvalue weighted by Crippen LogP contribution is 2.31. The van der Waals surface area contributed by atoms with Crippen LogP contribution in [0.4, 0.5) is 0 Å². The van der Waals surface area contributed by atoms with Crippen molar-refractivity contribution in [2.45, 2.75) is 99.8 Å². The number of hydrogen-bond acceptors (Lipinski definition) is 10. The largest absolute Gasteiger partial charge is 0.519 e. The second-order valence-corrected chi connectivity index (χ2v) is 11.7. The molecule has 1 aromatic heterocycles. The lowest BCUT2D eigenvalue weighted by Crippen LogP contribution is -2.65. The van der Waals surface area contributed by atoms with Gasteiger partial charge in [-0.05, 0) is 58.2 Å². The van der Waals surface area contributed by atoms with Crippen LogP contribution in [-0.2, 0) is 16.1 Å². The molecular weight excluding hydrogens is 538 g/mol. The van der Waals surface area contributed by atoms with Gasteiger partial charge in [0.05, 0.1) is 24.0 Å². The number of rotatable bonds is 10. The maximum absolute atomic E-state index is 13.7. The third-order valence-electron chi connectivity index (χ3n) is 7.48. The highest BCUT2D eigenvalue weighted by atomic mass is 35.5. The Bertz CT molecular complexity index is 1010. The summed E-state index contributed by atoms with van der Waals surface area (Å²) in [6.07, 6.45) is 0.284. The number of thioether (sulfide) groups is 1. The van der Waals surface area contributed by atoms with Gasteiger partial charge in [-0.25, -0.2) is 11.4 Å². The first-order valence-corrected chi connectivity index (χ1v) is 14.6. The Kier molecular flexibility index (Phi) is 11.5. The van der Waals surface area contributed by atoms with E-state index >= 15 is 0 Å². The average molecular weight is 576 g/mol. The highest BCUT2D eigenvalue weighted by molar-refractivity contribution is 7.99. The number of aliphatic hydroxyl groups is 3. The van der Waals surface area contributed by atoms with Crippen LogP contribution in [0.1, 0.15) is 50.5 Å². The fraction of sp³-hybridized carbons (Fsp3) is 0.800. The molecule has 0 bridgehead atoms. The first-order valence-electron chi connectivity index (χ1n) is 12.9. The highest BCUT2D eigenvalue weighted by Gasteiger charge is 2.48. The van der Waals surface area contributed by atoms with Gasteiger partial charge in [-0.3, -0.25) is 9.69 Å². The molecule has 2 saturated heterocycles.